The smallest absolute Gasteiger partial charge is 0.358 e. The molecule has 2 aromatic heterocycles. The molecule has 8 saturated carbocycles. The number of Topliss-reactive ketones (excluding diaryl/α,β-unsaturated/α-hetero) is 2. The Morgan fingerprint density at radius 1 is 0.592 bits per heavy atom. The number of ketones is 2. The fourth-order valence-corrected chi connectivity index (χ4v) is 17.8. The molecule has 17 heteroatoms. The molecule has 0 saturated heterocycles. The van der Waals surface area contributed by atoms with E-state index in [1.54, 1.807) is 14.2 Å². The van der Waals surface area contributed by atoms with E-state index < -0.39 is 17.2 Å². The molecular formula is C59H102N8O9. The molecule has 0 unspecified atom stereocenters. The number of nitrogens with zero attached hydrogens (tertiary/aromatic N) is 6. The maximum Gasteiger partial charge on any atom is 0.358 e. The number of nitrogens with one attached hydrogen (secondary N) is 1. The van der Waals surface area contributed by atoms with Crippen LogP contribution in [0, 0.1) is 80.8 Å². The van der Waals surface area contributed by atoms with Gasteiger partial charge < -0.3 is 35.8 Å². The molecule has 2 aromatic rings. The van der Waals surface area contributed by atoms with Crippen molar-refractivity contribution in [3.63, 3.8) is 0 Å². The lowest BCUT2D eigenvalue weighted by Crippen LogP contribution is -2.55. The third-order valence-corrected chi connectivity index (χ3v) is 21.7. The first kappa shape index (κ1) is 63.2. The van der Waals surface area contributed by atoms with Crippen molar-refractivity contribution in [1.82, 2.24) is 35.3 Å². The van der Waals surface area contributed by atoms with Crippen LogP contribution in [0.2, 0.25) is 0 Å². The Labute approximate surface area is 455 Å². The summed E-state index contributed by atoms with van der Waals surface area (Å²) in [6.45, 7) is 16.1. The second-order valence-corrected chi connectivity index (χ2v) is 25.9. The number of ether oxygens (including phenoxy) is 2. The number of carboxylic acids is 1. The lowest BCUT2D eigenvalue weighted by atomic mass is 9.44. The van der Waals surface area contributed by atoms with Crippen molar-refractivity contribution >= 4 is 23.4 Å². The van der Waals surface area contributed by atoms with E-state index in [1.807, 2.05) is 13.8 Å². The standard InChI is InChI=1S/C28H44N4O4.C25H37N3O4.C3H9NO.3CH4/c1-26(35)11-12-27(2)18(15-26)5-6-19-20-7-8-22(28(20,3)10-9-21(19)27)24(33)17-32-30-16-23(31-32)25(34)29-13-14-36-4;1-23(32)10-11-24(2)15(12-23)4-5-16-17-6-7-19(25(17,3)9-8-18(16)24)21(29)14-28-26-13-20(27-28)22(30)31;1-5-3-2-4;;;/h16,18-22,35H,5-15,17H2,1-4H3,(H,29,34);13,15-19,32H,4-12,14H2,1-3H3,(H,30,31);2-4H2,1H3;3*1H4/t18-,19+,20+,21+,22-,26-,27+,28+;15-,16+,17+,18+,19-,23-,24+,25+;;;;/m11..../s1. The van der Waals surface area contributed by atoms with Crippen LogP contribution < -0.4 is 11.1 Å². The van der Waals surface area contributed by atoms with Crippen LogP contribution in [-0.4, -0.2) is 120 Å². The van der Waals surface area contributed by atoms with Gasteiger partial charge in [-0.15, -0.1) is 10.2 Å². The number of hydrogen-bond acceptors (Lipinski definition) is 13. The number of hydrogen-bond donors (Lipinski definition) is 5. The number of carbonyl (C=O) groups excluding carboxylic acids is 3. The Hall–Kier alpha value is -3.64. The van der Waals surface area contributed by atoms with Gasteiger partial charge in [0.15, 0.2) is 23.0 Å². The number of aliphatic hydroxyl groups is 2. The Kier molecular flexibility index (Phi) is 20.6. The second kappa shape index (κ2) is 24.8. The average molecular weight is 1070 g/mol. The van der Waals surface area contributed by atoms with Crippen LogP contribution in [0.3, 0.4) is 0 Å². The monoisotopic (exact) mass is 1070 g/mol. The lowest BCUT2D eigenvalue weighted by molar-refractivity contribution is -0.151. The van der Waals surface area contributed by atoms with Gasteiger partial charge in [0, 0.05) is 39.1 Å². The average Bonchev–Trinajstić information content (AvgIpc) is 4.15. The molecule has 2 heterocycles. The fourth-order valence-electron chi connectivity index (χ4n) is 17.8. The Morgan fingerprint density at radius 3 is 1.41 bits per heavy atom. The van der Waals surface area contributed by atoms with Gasteiger partial charge >= 0.3 is 5.97 Å². The highest BCUT2D eigenvalue weighted by Crippen LogP contribution is 2.70. The second-order valence-electron chi connectivity index (χ2n) is 25.9. The summed E-state index contributed by atoms with van der Waals surface area (Å²) < 4.78 is 9.52. The molecule has 8 aliphatic carbocycles. The summed E-state index contributed by atoms with van der Waals surface area (Å²) in [7, 11) is 3.22. The van der Waals surface area contributed by atoms with E-state index in [-0.39, 0.29) is 86.9 Å². The maximum atomic E-state index is 13.5. The van der Waals surface area contributed by atoms with Gasteiger partial charge in [-0.1, -0.05) is 50.0 Å². The number of carboxylic acid groups (broad SMARTS) is 1. The fraction of sp³-hybridized carbons (Fsp3) is 0.864. The van der Waals surface area contributed by atoms with Gasteiger partial charge in [-0.2, -0.15) is 19.8 Å². The summed E-state index contributed by atoms with van der Waals surface area (Å²) in [4.78, 5) is 52.8. The predicted octanol–water partition coefficient (Wildman–Crippen LogP) is 9.09. The quantitative estimate of drug-likeness (QED) is 0.118. The van der Waals surface area contributed by atoms with Crippen molar-refractivity contribution in [3.05, 3.63) is 23.8 Å². The van der Waals surface area contributed by atoms with E-state index in [2.05, 4.69) is 58.1 Å². The summed E-state index contributed by atoms with van der Waals surface area (Å²) in [6.07, 6.45) is 22.1. The SMILES string of the molecule is C.C.C.COCCN.COCCNC(=O)c1cnn(CC(=O)[C@H]2CC[C@H]3[C@@H]4CC[C@@H]5C[C@](C)(O)CC[C@]5(C)[C@H]4CC[C@]23C)n1.C[C@@]1(O)CC[C@@]2(C)[C@H](CC[C@@H]3[C@@H]2CC[C@]2(C)[C@@H](C(=O)Cn4ncc(C(=O)O)n4)CC[C@@H]32)C1. The number of nitrogens with two attached hydrogens (primary N) is 1. The van der Waals surface area contributed by atoms with Crippen molar-refractivity contribution < 1.29 is 44.0 Å². The first-order valence-corrected chi connectivity index (χ1v) is 28.0. The molecule has 10 rings (SSSR count). The molecule has 0 bridgehead atoms. The molecule has 0 aromatic carbocycles. The van der Waals surface area contributed by atoms with Gasteiger partial charge in [0.25, 0.3) is 5.91 Å². The van der Waals surface area contributed by atoms with Crippen molar-refractivity contribution in [3.8, 4) is 0 Å². The highest BCUT2D eigenvalue weighted by atomic mass is 16.5. The number of rotatable bonds is 13. The highest BCUT2D eigenvalue weighted by molar-refractivity contribution is 5.92. The minimum atomic E-state index is -1.12. The van der Waals surface area contributed by atoms with Gasteiger partial charge in [0.1, 0.15) is 13.1 Å². The van der Waals surface area contributed by atoms with E-state index in [4.69, 9.17) is 15.6 Å². The van der Waals surface area contributed by atoms with Crippen LogP contribution in [0.5, 0.6) is 0 Å². The number of amides is 1. The molecule has 17 nitrogen and oxygen atoms in total. The molecule has 1 amide bonds. The van der Waals surface area contributed by atoms with Crippen molar-refractivity contribution in [2.24, 2.45) is 86.6 Å². The van der Waals surface area contributed by atoms with Crippen molar-refractivity contribution in [2.75, 3.05) is 40.5 Å². The van der Waals surface area contributed by atoms with Gasteiger partial charge in [-0.3, -0.25) is 14.4 Å². The van der Waals surface area contributed by atoms with E-state index >= 15 is 0 Å². The Bertz CT molecular complexity index is 2280. The summed E-state index contributed by atoms with van der Waals surface area (Å²) >= 11 is 0. The van der Waals surface area contributed by atoms with Crippen molar-refractivity contribution in [1.29, 1.82) is 0 Å². The minimum absolute atomic E-state index is 0. The summed E-state index contributed by atoms with van der Waals surface area (Å²) in [5.41, 5.74) is 4.81. The van der Waals surface area contributed by atoms with E-state index in [0.717, 1.165) is 77.0 Å². The van der Waals surface area contributed by atoms with E-state index in [9.17, 15) is 29.4 Å². The number of methoxy groups -OCH3 is 2. The molecule has 6 N–H and O–H groups in total. The van der Waals surface area contributed by atoms with Crippen LogP contribution in [-0.2, 0) is 32.2 Å². The van der Waals surface area contributed by atoms with Crippen LogP contribution in [0.4, 0.5) is 0 Å². The zero-order valence-electron chi connectivity index (χ0n) is 45.5. The Balaban J connectivity index is 0.000000250. The van der Waals surface area contributed by atoms with Crippen LogP contribution in [0.1, 0.15) is 200 Å². The van der Waals surface area contributed by atoms with Crippen molar-refractivity contribution in [2.45, 2.75) is 204 Å². The summed E-state index contributed by atoms with van der Waals surface area (Å²) in [6, 6.07) is 0. The predicted molar refractivity (Wildman–Crippen MR) is 294 cm³/mol. The van der Waals surface area contributed by atoms with Gasteiger partial charge in [0.2, 0.25) is 0 Å². The number of carbonyl (C=O) groups is 4. The maximum absolute atomic E-state index is 13.5. The lowest BCUT2D eigenvalue weighted by Gasteiger charge is -2.61. The molecule has 8 fully saturated rings. The molecule has 16 atom stereocenters. The summed E-state index contributed by atoms with van der Waals surface area (Å²) in [5, 5.41) is 49.6. The number of aromatic nitrogens is 6. The van der Waals surface area contributed by atoms with E-state index in [0.29, 0.717) is 84.5 Å². The highest BCUT2D eigenvalue weighted by Gasteiger charge is 2.63. The molecule has 432 valence electrons. The zero-order chi connectivity index (χ0) is 52.7. The third kappa shape index (κ3) is 12.4. The van der Waals surface area contributed by atoms with Crippen LogP contribution in [0.25, 0.3) is 0 Å². The molecule has 0 spiro atoms. The van der Waals surface area contributed by atoms with Gasteiger partial charge in [-0.25, -0.2) is 4.79 Å². The molecule has 0 radical (unpaired) electrons. The topological polar surface area (TPSA) is 247 Å². The van der Waals surface area contributed by atoms with Gasteiger partial charge in [0.05, 0.1) is 36.8 Å². The minimum Gasteiger partial charge on any atom is -0.476 e. The summed E-state index contributed by atoms with van der Waals surface area (Å²) in [5.74, 6) is 4.17. The first-order valence-electron chi connectivity index (χ1n) is 28.0. The Morgan fingerprint density at radius 2 is 1.01 bits per heavy atom. The third-order valence-electron chi connectivity index (χ3n) is 21.7. The first-order chi connectivity index (χ1) is 34.5. The molecule has 8 aliphatic rings. The van der Waals surface area contributed by atoms with Crippen LogP contribution in [0.15, 0.2) is 12.4 Å². The number of aromatic carboxylic acids is 1. The normalized spacial score (nSPS) is 39.5. The van der Waals surface area contributed by atoms with Gasteiger partial charge in [-0.05, 0) is 198 Å². The molecule has 0 aliphatic heterocycles. The molecular weight excluding hydrogens is 965 g/mol. The van der Waals surface area contributed by atoms with E-state index in [1.165, 1.54) is 60.5 Å². The van der Waals surface area contributed by atoms with Crippen LogP contribution >= 0.6 is 0 Å². The molecule has 76 heavy (non-hydrogen) atoms. The zero-order valence-corrected chi connectivity index (χ0v) is 45.5. The number of fused-ring (bicyclic) bond motifs is 10. The largest absolute Gasteiger partial charge is 0.476 e.